The van der Waals surface area contributed by atoms with Crippen molar-refractivity contribution in [3.05, 3.63) is 27.7 Å². The van der Waals surface area contributed by atoms with Gasteiger partial charge in [0, 0.05) is 35.0 Å². The van der Waals surface area contributed by atoms with E-state index in [2.05, 4.69) is 47.2 Å². The summed E-state index contributed by atoms with van der Waals surface area (Å²) in [5.41, 5.74) is 2.63. The van der Waals surface area contributed by atoms with Gasteiger partial charge in [-0.05, 0) is 37.1 Å². The molecule has 3 unspecified atom stereocenters. The summed E-state index contributed by atoms with van der Waals surface area (Å²) in [6.07, 6.45) is 3.56. The zero-order chi connectivity index (χ0) is 14.8. The molecule has 0 spiro atoms. The Morgan fingerprint density at radius 3 is 2.95 bits per heavy atom. The van der Waals surface area contributed by atoms with Gasteiger partial charge in [0.25, 0.3) is 0 Å². The van der Waals surface area contributed by atoms with Crippen molar-refractivity contribution in [2.45, 2.75) is 45.3 Å². The third kappa shape index (κ3) is 2.99. The second-order valence-electron chi connectivity index (χ2n) is 5.89. The van der Waals surface area contributed by atoms with Crippen LogP contribution < -0.4 is 10.1 Å². The maximum absolute atomic E-state index is 5.94. The summed E-state index contributed by atoms with van der Waals surface area (Å²) >= 11 is 3.66. The fourth-order valence-electron chi connectivity index (χ4n) is 3.71. The van der Waals surface area contributed by atoms with Crippen LogP contribution in [0.25, 0.3) is 0 Å². The molecule has 1 N–H and O–H groups in total. The molecule has 1 fully saturated rings. The van der Waals surface area contributed by atoms with Crippen molar-refractivity contribution in [2.75, 3.05) is 19.8 Å². The molecule has 21 heavy (non-hydrogen) atoms. The van der Waals surface area contributed by atoms with Gasteiger partial charge < -0.3 is 14.8 Å². The molecule has 0 aliphatic carbocycles. The van der Waals surface area contributed by atoms with Crippen LogP contribution in [0.3, 0.4) is 0 Å². The molecule has 1 aromatic carbocycles. The Balaban J connectivity index is 1.98. The molecule has 4 heteroatoms. The van der Waals surface area contributed by atoms with E-state index in [1.54, 1.807) is 0 Å². The number of benzene rings is 1. The Bertz CT molecular complexity index is 506. The van der Waals surface area contributed by atoms with E-state index in [9.17, 15) is 0 Å². The minimum absolute atomic E-state index is 0.312. The van der Waals surface area contributed by atoms with Gasteiger partial charge in [-0.2, -0.15) is 0 Å². The van der Waals surface area contributed by atoms with Gasteiger partial charge in [-0.15, -0.1) is 0 Å². The van der Waals surface area contributed by atoms with Crippen molar-refractivity contribution in [1.29, 1.82) is 0 Å². The van der Waals surface area contributed by atoms with Gasteiger partial charge in [0.15, 0.2) is 0 Å². The summed E-state index contributed by atoms with van der Waals surface area (Å²) in [5, 5.41) is 3.68. The first-order valence-electron chi connectivity index (χ1n) is 8.04. The molecule has 2 aliphatic heterocycles. The second kappa shape index (κ2) is 6.67. The molecule has 0 amide bonds. The Hall–Kier alpha value is -0.580. The lowest BCUT2D eigenvalue weighted by Crippen LogP contribution is -2.33. The maximum Gasteiger partial charge on any atom is 0.127 e. The topological polar surface area (TPSA) is 30.5 Å². The van der Waals surface area contributed by atoms with Gasteiger partial charge in [0.05, 0.1) is 12.7 Å². The molecular weight excluding hydrogens is 330 g/mol. The van der Waals surface area contributed by atoms with Crippen LogP contribution >= 0.6 is 15.9 Å². The Morgan fingerprint density at radius 1 is 1.33 bits per heavy atom. The summed E-state index contributed by atoms with van der Waals surface area (Å²) in [5.74, 6) is 1.63. The highest BCUT2D eigenvalue weighted by molar-refractivity contribution is 9.10. The summed E-state index contributed by atoms with van der Waals surface area (Å²) in [4.78, 5) is 0. The maximum atomic E-state index is 5.94. The normalized spacial score (nSPS) is 25.7. The van der Waals surface area contributed by atoms with E-state index in [1.807, 2.05) is 0 Å². The fourth-order valence-corrected chi connectivity index (χ4v) is 4.23. The molecule has 2 aliphatic rings. The molecule has 0 saturated carbocycles. The van der Waals surface area contributed by atoms with Crippen LogP contribution in [0.15, 0.2) is 16.6 Å². The average Bonchev–Trinajstić information content (AvgIpc) is 3.12. The van der Waals surface area contributed by atoms with Crippen molar-refractivity contribution in [3.8, 4) is 5.75 Å². The lowest BCUT2D eigenvalue weighted by atomic mass is 9.85. The minimum Gasteiger partial charge on any atom is -0.493 e. The van der Waals surface area contributed by atoms with Crippen LogP contribution in [0.4, 0.5) is 0 Å². The number of nitrogens with one attached hydrogen (secondary N) is 1. The first-order chi connectivity index (χ1) is 10.2. The van der Waals surface area contributed by atoms with Crippen molar-refractivity contribution in [1.82, 2.24) is 5.32 Å². The van der Waals surface area contributed by atoms with Crippen LogP contribution in [0.5, 0.6) is 5.75 Å². The van der Waals surface area contributed by atoms with Crippen LogP contribution in [0.2, 0.25) is 0 Å². The number of halogens is 1. The van der Waals surface area contributed by atoms with Gasteiger partial charge in [-0.1, -0.05) is 29.8 Å². The van der Waals surface area contributed by atoms with Crippen LogP contribution in [-0.2, 0) is 11.2 Å². The van der Waals surface area contributed by atoms with Gasteiger partial charge in [0.2, 0.25) is 0 Å². The number of hydrogen-bond acceptors (Lipinski definition) is 3. The van der Waals surface area contributed by atoms with E-state index in [-0.39, 0.29) is 0 Å². The molecule has 0 radical (unpaired) electrons. The van der Waals surface area contributed by atoms with Crippen LogP contribution in [0.1, 0.15) is 43.9 Å². The first-order valence-corrected chi connectivity index (χ1v) is 8.84. The highest BCUT2D eigenvalue weighted by atomic mass is 79.9. The predicted octanol–water partition coefficient (Wildman–Crippen LogP) is 3.85. The number of hydrogen-bond donors (Lipinski definition) is 1. The van der Waals surface area contributed by atoms with Crippen LogP contribution in [0, 0.1) is 5.92 Å². The highest BCUT2D eigenvalue weighted by Crippen LogP contribution is 2.42. The fraction of sp³-hybridized carbons (Fsp3) is 0.647. The minimum atomic E-state index is 0.312. The second-order valence-corrected chi connectivity index (χ2v) is 6.80. The Morgan fingerprint density at radius 2 is 2.19 bits per heavy atom. The number of fused-ring (bicyclic) bond motifs is 1. The Labute approximate surface area is 135 Å². The van der Waals surface area contributed by atoms with Gasteiger partial charge in [0.1, 0.15) is 5.75 Å². The van der Waals surface area contributed by atoms with Crippen molar-refractivity contribution < 1.29 is 9.47 Å². The molecule has 2 heterocycles. The van der Waals surface area contributed by atoms with Crippen molar-refractivity contribution in [2.24, 2.45) is 5.92 Å². The smallest absolute Gasteiger partial charge is 0.127 e. The van der Waals surface area contributed by atoms with E-state index < -0.39 is 0 Å². The quantitative estimate of drug-likeness (QED) is 0.871. The molecule has 1 saturated heterocycles. The number of ether oxygens (including phenoxy) is 2. The largest absolute Gasteiger partial charge is 0.493 e. The summed E-state index contributed by atoms with van der Waals surface area (Å²) < 4.78 is 13.0. The average molecular weight is 354 g/mol. The zero-order valence-corrected chi connectivity index (χ0v) is 14.4. The third-order valence-electron chi connectivity index (χ3n) is 4.63. The SMILES string of the molecule is CCNC(c1cc(Br)cc2c1OCC2)C1CCOC1CC. The third-order valence-corrected chi connectivity index (χ3v) is 5.09. The van der Waals surface area contributed by atoms with E-state index in [0.29, 0.717) is 18.1 Å². The predicted molar refractivity (Wildman–Crippen MR) is 87.9 cm³/mol. The molecule has 116 valence electrons. The molecule has 0 aromatic heterocycles. The molecule has 3 atom stereocenters. The molecule has 0 bridgehead atoms. The summed E-state index contributed by atoms with van der Waals surface area (Å²) in [7, 11) is 0. The molecular formula is C17H24BrNO2. The highest BCUT2D eigenvalue weighted by Gasteiger charge is 2.36. The standard InChI is InChI=1S/C17H24BrNO2/c1-3-15-13(6-8-20-15)16(19-4-2)14-10-12(18)9-11-5-7-21-17(11)14/h9-10,13,15-16,19H,3-8H2,1-2H3. The lowest BCUT2D eigenvalue weighted by Gasteiger charge is -2.29. The van der Waals surface area contributed by atoms with Gasteiger partial charge in [-0.25, -0.2) is 0 Å². The van der Waals surface area contributed by atoms with E-state index in [1.165, 1.54) is 11.1 Å². The van der Waals surface area contributed by atoms with Crippen LogP contribution in [-0.4, -0.2) is 25.9 Å². The van der Waals surface area contributed by atoms with E-state index in [0.717, 1.165) is 49.2 Å². The van der Waals surface area contributed by atoms with Crippen molar-refractivity contribution in [3.63, 3.8) is 0 Å². The van der Waals surface area contributed by atoms with Gasteiger partial charge in [-0.3, -0.25) is 0 Å². The van der Waals surface area contributed by atoms with Gasteiger partial charge >= 0.3 is 0 Å². The summed E-state index contributed by atoms with van der Waals surface area (Å²) in [6, 6.07) is 4.73. The lowest BCUT2D eigenvalue weighted by molar-refractivity contribution is 0.0773. The molecule has 3 nitrogen and oxygen atoms in total. The Kier molecular flexibility index (Phi) is 4.87. The summed E-state index contributed by atoms with van der Waals surface area (Å²) in [6.45, 7) is 7.02. The zero-order valence-electron chi connectivity index (χ0n) is 12.8. The first kappa shape index (κ1) is 15.3. The van der Waals surface area contributed by atoms with E-state index >= 15 is 0 Å². The number of rotatable bonds is 5. The van der Waals surface area contributed by atoms with Crippen molar-refractivity contribution >= 4 is 15.9 Å². The monoisotopic (exact) mass is 353 g/mol. The molecule has 3 rings (SSSR count). The van der Waals surface area contributed by atoms with E-state index in [4.69, 9.17) is 9.47 Å². The molecule has 1 aromatic rings.